The molecule has 0 aliphatic carbocycles. The Labute approximate surface area is 183 Å². The number of hydrogen-bond acceptors (Lipinski definition) is 6. The molecule has 0 aromatic heterocycles. The van der Waals surface area contributed by atoms with Crippen LogP contribution in [0.25, 0.3) is 5.76 Å². The summed E-state index contributed by atoms with van der Waals surface area (Å²) >= 11 is 0. The molecule has 166 valence electrons. The molecular formula is C23H22N2O7. The van der Waals surface area contributed by atoms with Crippen LogP contribution in [0.5, 0.6) is 0 Å². The zero-order valence-electron chi connectivity index (χ0n) is 17.1. The molecule has 1 aliphatic rings. The second kappa shape index (κ2) is 9.86. The van der Waals surface area contributed by atoms with Crippen molar-refractivity contribution in [3.63, 3.8) is 0 Å². The number of benzene rings is 2. The van der Waals surface area contributed by atoms with Crippen LogP contribution >= 0.6 is 0 Å². The molecule has 9 nitrogen and oxygen atoms in total. The summed E-state index contributed by atoms with van der Waals surface area (Å²) < 4.78 is 0. The predicted octanol–water partition coefficient (Wildman–Crippen LogP) is 3.66. The number of nitro benzene ring substituents is 1. The van der Waals surface area contributed by atoms with E-state index in [4.69, 9.17) is 5.11 Å². The third kappa shape index (κ3) is 4.66. The maximum Gasteiger partial charge on any atom is 0.303 e. The molecule has 0 unspecified atom stereocenters. The molecule has 1 heterocycles. The van der Waals surface area contributed by atoms with Crippen LogP contribution in [0.2, 0.25) is 0 Å². The van der Waals surface area contributed by atoms with Crippen LogP contribution < -0.4 is 0 Å². The van der Waals surface area contributed by atoms with E-state index in [1.54, 1.807) is 36.4 Å². The lowest BCUT2D eigenvalue weighted by Gasteiger charge is -2.25. The van der Waals surface area contributed by atoms with Crippen molar-refractivity contribution < 1.29 is 29.5 Å². The highest BCUT2D eigenvalue weighted by atomic mass is 16.6. The Morgan fingerprint density at radius 1 is 0.969 bits per heavy atom. The summed E-state index contributed by atoms with van der Waals surface area (Å²) in [4.78, 5) is 48.7. The minimum absolute atomic E-state index is 0.0135. The maximum atomic E-state index is 12.9. The topological polar surface area (TPSA) is 138 Å². The lowest BCUT2D eigenvalue weighted by Crippen LogP contribution is -2.31. The molecule has 32 heavy (non-hydrogen) atoms. The minimum Gasteiger partial charge on any atom is -0.507 e. The van der Waals surface area contributed by atoms with Crippen LogP contribution in [-0.4, -0.2) is 44.2 Å². The summed E-state index contributed by atoms with van der Waals surface area (Å²) in [5, 5.41) is 31.3. The van der Waals surface area contributed by atoms with Gasteiger partial charge in [-0.3, -0.25) is 24.5 Å². The van der Waals surface area contributed by atoms with Gasteiger partial charge in [0.05, 0.1) is 22.1 Å². The number of carbonyl (C=O) groups excluding carboxylic acids is 2. The number of hydrogen-bond donors (Lipinski definition) is 2. The van der Waals surface area contributed by atoms with E-state index in [1.165, 1.54) is 23.1 Å². The van der Waals surface area contributed by atoms with Gasteiger partial charge in [0.25, 0.3) is 17.4 Å². The summed E-state index contributed by atoms with van der Waals surface area (Å²) in [5.74, 6) is -3.10. The van der Waals surface area contributed by atoms with E-state index in [0.29, 0.717) is 24.8 Å². The molecule has 1 atom stereocenters. The second-order valence-electron chi connectivity index (χ2n) is 7.38. The first-order valence-electron chi connectivity index (χ1n) is 10.1. The molecule has 1 amide bonds. The number of para-hydroxylation sites is 1. The fourth-order valence-electron chi connectivity index (χ4n) is 3.81. The van der Waals surface area contributed by atoms with Crippen LogP contribution in [0.3, 0.4) is 0 Å². The highest BCUT2D eigenvalue weighted by molar-refractivity contribution is 6.46. The molecule has 0 spiro atoms. The number of aliphatic carboxylic acids is 1. The molecule has 2 aromatic carbocycles. The zero-order valence-corrected chi connectivity index (χ0v) is 17.1. The Bertz CT molecular complexity index is 1080. The number of ketones is 1. The largest absolute Gasteiger partial charge is 0.507 e. The quantitative estimate of drug-likeness (QED) is 0.152. The molecule has 0 radical (unpaired) electrons. The van der Waals surface area contributed by atoms with E-state index in [0.717, 1.165) is 0 Å². The smallest absolute Gasteiger partial charge is 0.303 e. The van der Waals surface area contributed by atoms with E-state index < -0.39 is 34.4 Å². The van der Waals surface area contributed by atoms with Crippen LogP contribution in [0, 0.1) is 10.1 Å². The van der Waals surface area contributed by atoms with E-state index in [-0.39, 0.29) is 29.8 Å². The third-order valence-corrected chi connectivity index (χ3v) is 5.30. The van der Waals surface area contributed by atoms with Gasteiger partial charge >= 0.3 is 5.97 Å². The molecule has 0 bridgehead atoms. The Hall–Kier alpha value is -4.01. The number of aliphatic hydroxyl groups is 1. The second-order valence-corrected chi connectivity index (χ2v) is 7.38. The van der Waals surface area contributed by atoms with E-state index >= 15 is 0 Å². The highest BCUT2D eigenvalue weighted by Gasteiger charge is 2.47. The molecule has 2 aromatic rings. The number of amides is 1. The molecule has 1 aliphatic heterocycles. The van der Waals surface area contributed by atoms with Gasteiger partial charge in [0, 0.05) is 24.6 Å². The summed E-state index contributed by atoms with van der Waals surface area (Å²) in [6.45, 7) is 0.0898. The van der Waals surface area contributed by atoms with Gasteiger partial charge < -0.3 is 15.1 Å². The average Bonchev–Trinajstić information content (AvgIpc) is 3.03. The predicted molar refractivity (Wildman–Crippen MR) is 115 cm³/mol. The van der Waals surface area contributed by atoms with E-state index in [2.05, 4.69) is 0 Å². The summed E-state index contributed by atoms with van der Waals surface area (Å²) in [5.41, 5.74) is -0.0365. The summed E-state index contributed by atoms with van der Waals surface area (Å²) in [6.07, 6.45) is 1.29. The number of Topliss-reactive ketones (excluding diaryl/α,β-unsaturated/α-hetero) is 1. The van der Waals surface area contributed by atoms with E-state index in [1.807, 2.05) is 0 Å². The molecule has 9 heteroatoms. The number of nitro groups is 1. The normalized spacial score (nSPS) is 17.5. The monoisotopic (exact) mass is 438 g/mol. The number of carboxylic acid groups (broad SMARTS) is 1. The zero-order chi connectivity index (χ0) is 23.3. The summed E-state index contributed by atoms with van der Waals surface area (Å²) in [7, 11) is 0. The van der Waals surface area contributed by atoms with Gasteiger partial charge in [0.1, 0.15) is 5.76 Å². The van der Waals surface area contributed by atoms with Crippen molar-refractivity contribution in [2.75, 3.05) is 6.54 Å². The van der Waals surface area contributed by atoms with Crippen LogP contribution in [0.15, 0.2) is 60.2 Å². The lowest BCUT2D eigenvalue weighted by molar-refractivity contribution is -0.385. The molecule has 0 saturated carbocycles. The standard InChI is InChI=1S/C23H22N2O7/c26-18(27)13-5-2-8-14-24-20(16-11-6-7-12-17(16)25(31)32)19(22(29)23(24)30)21(28)15-9-3-1-4-10-15/h1,3-4,6-7,9-12,20,28H,2,5,8,13-14H2,(H,26,27)/b21-19+/t20-/m1/s1. The number of unbranched alkanes of at least 4 members (excludes halogenated alkanes) is 2. The molecule has 3 rings (SSSR count). The number of nitrogens with zero attached hydrogens (tertiary/aromatic N) is 2. The highest BCUT2D eigenvalue weighted by Crippen LogP contribution is 2.42. The van der Waals surface area contributed by atoms with Crippen molar-refractivity contribution in [1.82, 2.24) is 4.90 Å². The molecule has 1 saturated heterocycles. The lowest BCUT2D eigenvalue weighted by atomic mass is 9.94. The molecular weight excluding hydrogens is 416 g/mol. The Kier molecular flexibility index (Phi) is 6.99. The van der Waals surface area contributed by atoms with Crippen molar-refractivity contribution in [2.45, 2.75) is 31.7 Å². The van der Waals surface area contributed by atoms with Crippen molar-refractivity contribution in [3.05, 3.63) is 81.4 Å². The summed E-state index contributed by atoms with van der Waals surface area (Å²) in [6, 6.07) is 12.9. The van der Waals surface area contributed by atoms with Gasteiger partial charge in [0.15, 0.2) is 0 Å². The molecule has 1 fully saturated rings. The van der Waals surface area contributed by atoms with Crippen molar-refractivity contribution >= 4 is 29.1 Å². The number of aliphatic hydroxyl groups excluding tert-OH is 1. The minimum atomic E-state index is -1.13. The SMILES string of the molecule is O=C(O)CCCCCN1C(=O)C(=O)/C(=C(/O)c2ccccc2)[C@H]1c1ccccc1[N+](=O)[O-]. The average molecular weight is 438 g/mol. The van der Waals surface area contributed by atoms with Crippen LogP contribution in [-0.2, 0) is 14.4 Å². The van der Waals surface area contributed by atoms with Gasteiger partial charge in [-0.2, -0.15) is 0 Å². The number of carbonyl (C=O) groups is 3. The fourth-order valence-corrected chi connectivity index (χ4v) is 3.81. The van der Waals surface area contributed by atoms with Gasteiger partial charge in [-0.15, -0.1) is 0 Å². The number of rotatable bonds is 9. The Morgan fingerprint density at radius 2 is 1.62 bits per heavy atom. The van der Waals surface area contributed by atoms with Gasteiger partial charge in [-0.05, 0) is 18.9 Å². The van der Waals surface area contributed by atoms with Gasteiger partial charge in [-0.1, -0.05) is 48.9 Å². The van der Waals surface area contributed by atoms with Crippen molar-refractivity contribution in [2.24, 2.45) is 0 Å². The van der Waals surface area contributed by atoms with Crippen LogP contribution in [0.1, 0.15) is 42.9 Å². The van der Waals surface area contributed by atoms with Crippen molar-refractivity contribution in [1.29, 1.82) is 0 Å². The first-order chi connectivity index (χ1) is 15.3. The van der Waals surface area contributed by atoms with Crippen LogP contribution in [0.4, 0.5) is 5.69 Å². The van der Waals surface area contributed by atoms with Gasteiger partial charge in [0.2, 0.25) is 0 Å². The van der Waals surface area contributed by atoms with Crippen molar-refractivity contribution in [3.8, 4) is 0 Å². The third-order valence-electron chi connectivity index (χ3n) is 5.30. The van der Waals surface area contributed by atoms with E-state index in [9.17, 15) is 29.6 Å². The number of carboxylic acids is 1. The first-order valence-corrected chi connectivity index (χ1v) is 10.1. The fraction of sp³-hybridized carbons (Fsp3) is 0.261. The van der Waals surface area contributed by atoms with Gasteiger partial charge in [-0.25, -0.2) is 0 Å². The Balaban J connectivity index is 2.05. The number of likely N-dealkylation sites (tertiary alicyclic amines) is 1. The Morgan fingerprint density at radius 3 is 2.28 bits per heavy atom. The maximum absolute atomic E-state index is 12.9. The molecule has 2 N–H and O–H groups in total. The first kappa shape index (κ1) is 22.7.